The summed E-state index contributed by atoms with van der Waals surface area (Å²) in [5.41, 5.74) is 0. The van der Waals surface area contributed by atoms with Gasteiger partial charge in [-0.3, -0.25) is 0 Å². The van der Waals surface area contributed by atoms with Gasteiger partial charge in [0.2, 0.25) is 0 Å². The summed E-state index contributed by atoms with van der Waals surface area (Å²) in [6.45, 7) is 2.07. The molecule has 2 aliphatic rings. The minimum atomic E-state index is -0.367. The molecule has 98 valence electrons. The lowest BCUT2D eigenvalue weighted by Crippen LogP contribution is -2.52. The van der Waals surface area contributed by atoms with Crippen molar-refractivity contribution in [3.05, 3.63) is 0 Å². The normalized spacial score (nSPS) is 31.4. The predicted molar refractivity (Wildman–Crippen MR) is 66.7 cm³/mol. The third-order valence-electron chi connectivity index (χ3n) is 4.26. The van der Waals surface area contributed by atoms with Gasteiger partial charge in [-0.1, -0.05) is 19.3 Å². The smallest absolute Gasteiger partial charge is 0.315 e. The molecule has 0 aliphatic heterocycles. The van der Waals surface area contributed by atoms with Crippen LogP contribution < -0.4 is 10.6 Å². The van der Waals surface area contributed by atoms with Gasteiger partial charge >= 0.3 is 6.03 Å². The maximum atomic E-state index is 11.8. The summed E-state index contributed by atoms with van der Waals surface area (Å²) in [6.07, 6.45) is 7.25. The molecule has 2 fully saturated rings. The van der Waals surface area contributed by atoms with E-state index < -0.39 is 0 Å². The largest absolute Gasteiger partial charge is 0.391 e. The summed E-state index contributed by atoms with van der Waals surface area (Å²) in [5.74, 6) is 0.650. The maximum absolute atomic E-state index is 11.8. The van der Waals surface area contributed by atoms with Crippen molar-refractivity contribution < 1.29 is 9.90 Å². The molecule has 0 aromatic heterocycles. The van der Waals surface area contributed by atoms with E-state index in [-0.39, 0.29) is 24.2 Å². The SMILES string of the molecule is CC(NC(=O)NC1CCCCC1O)C1CCC1. The highest BCUT2D eigenvalue weighted by Crippen LogP contribution is 2.29. The van der Waals surface area contributed by atoms with Gasteiger partial charge in [0, 0.05) is 6.04 Å². The molecule has 3 N–H and O–H groups in total. The first-order chi connectivity index (χ1) is 8.16. The monoisotopic (exact) mass is 240 g/mol. The van der Waals surface area contributed by atoms with Crippen LogP contribution >= 0.6 is 0 Å². The molecule has 2 amide bonds. The molecular formula is C13H24N2O2. The topological polar surface area (TPSA) is 61.4 Å². The van der Waals surface area contributed by atoms with Crippen molar-refractivity contribution >= 4 is 6.03 Å². The summed E-state index contributed by atoms with van der Waals surface area (Å²) in [5, 5.41) is 15.7. The zero-order valence-electron chi connectivity index (χ0n) is 10.6. The fourth-order valence-electron chi connectivity index (χ4n) is 2.75. The molecule has 3 unspecified atom stereocenters. The molecular weight excluding hydrogens is 216 g/mol. The van der Waals surface area contributed by atoms with E-state index in [1.807, 2.05) is 0 Å². The molecule has 0 spiro atoms. The summed E-state index contributed by atoms with van der Waals surface area (Å²) < 4.78 is 0. The number of carbonyl (C=O) groups excluding carboxylic acids is 1. The van der Waals surface area contributed by atoms with Crippen molar-refractivity contribution in [3.63, 3.8) is 0 Å². The fourth-order valence-corrected chi connectivity index (χ4v) is 2.75. The molecule has 0 heterocycles. The third-order valence-corrected chi connectivity index (χ3v) is 4.26. The van der Waals surface area contributed by atoms with E-state index in [1.165, 1.54) is 19.3 Å². The molecule has 0 saturated heterocycles. The van der Waals surface area contributed by atoms with Gasteiger partial charge in [0.15, 0.2) is 0 Å². The van der Waals surface area contributed by atoms with Crippen LogP contribution in [0.3, 0.4) is 0 Å². The molecule has 4 nitrogen and oxygen atoms in total. The Balaban J connectivity index is 1.72. The highest BCUT2D eigenvalue weighted by Gasteiger charge is 2.27. The Morgan fingerprint density at radius 1 is 1.18 bits per heavy atom. The van der Waals surface area contributed by atoms with Crippen LogP contribution in [0.15, 0.2) is 0 Å². The number of hydrogen-bond acceptors (Lipinski definition) is 2. The van der Waals surface area contributed by atoms with E-state index in [4.69, 9.17) is 0 Å². The molecule has 0 bridgehead atoms. The molecule has 2 rings (SSSR count). The van der Waals surface area contributed by atoms with E-state index in [0.29, 0.717) is 5.92 Å². The Morgan fingerprint density at radius 3 is 2.47 bits per heavy atom. The minimum Gasteiger partial charge on any atom is -0.391 e. The average molecular weight is 240 g/mol. The van der Waals surface area contributed by atoms with Gasteiger partial charge < -0.3 is 15.7 Å². The van der Waals surface area contributed by atoms with Gasteiger partial charge in [-0.25, -0.2) is 4.79 Å². The highest BCUT2D eigenvalue weighted by atomic mass is 16.3. The molecule has 0 aromatic carbocycles. The molecule has 4 heteroatoms. The Kier molecular flexibility index (Phi) is 4.26. The number of amides is 2. The van der Waals surface area contributed by atoms with Crippen LogP contribution in [0.5, 0.6) is 0 Å². The molecule has 3 atom stereocenters. The number of aliphatic hydroxyl groups is 1. The van der Waals surface area contributed by atoms with Crippen LogP contribution in [0.4, 0.5) is 4.79 Å². The number of urea groups is 1. The van der Waals surface area contributed by atoms with Crippen LogP contribution in [0.2, 0.25) is 0 Å². The van der Waals surface area contributed by atoms with Crippen molar-refractivity contribution in [1.82, 2.24) is 10.6 Å². The van der Waals surface area contributed by atoms with Crippen molar-refractivity contribution in [2.45, 2.75) is 70.1 Å². The predicted octanol–water partition coefficient (Wildman–Crippen LogP) is 1.78. The highest BCUT2D eigenvalue weighted by molar-refractivity contribution is 5.74. The van der Waals surface area contributed by atoms with Crippen LogP contribution in [-0.2, 0) is 0 Å². The Bertz CT molecular complexity index is 266. The van der Waals surface area contributed by atoms with Crippen molar-refractivity contribution in [2.75, 3.05) is 0 Å². The minimum absolute atomic E-state index is 0.0580. The van der Waals surface area contributed by atoms with Crippen molar-refractivity contribution in [3.8, 4) is 0 Å². The summed E-state index contributed by atoms with van der Waals surface area (Å²) in [7, 11) is 0. The van der Waals surface area contributed by atoms with Crippen LogP contribution in [0.25, 0.3) is 0 Å². The van der Waals surface area contributed by atoms with E-state index in [9.17, 15) is 9.90 Å². The number of aliphatic hydroxyl groups excluding tert-OH is 1. The summed E-state index contributed by atoms with van der Waals surface area (Å²) in [4.78, 5) is 11.8. The molecule has 2 saturated carbocycles. The van der Waals surface area contributed by atoms with E-state index in [2.05, 4.69) is 17.6 Å². The zero-order chi connectivity index (χ0) is 12.3. The van der Waals surface area contributed by atoms with Crippen molar-refractivity contribution in [2.24, 2.45) is 5.92 Å². The third kappa shape index (κ3) is 3.35. The fraction of sp³-hybridized carbons (Fsp3) is 0.923. The first kappa shape index (κ1) is 12.7. The van der Waals surface area contributed by atoms with Crippen LogP contribution in [0, 0.1) is 5.92 Å². The van der Waals surface area contributed by atoms with E-state index >= 15 is 0 Å². The van der Waals surface area contributed by atoms with Crippen molar-refractivity contribution in [1.29, 1.82) is 0 Å². The Labute approximate surface area is 103 Å². The van der Waals surface area contributed by atoms with Crippen LogP contribution in [-0.4, -0.2) is 29.3 Å². The number of rotatable bonds is 3. The molecule has 2 aliphatic carbocycles. The van der Waals surface area contributed by atoms with Gasteiger partial charge in [-0.15, -0.1) is 0 Å². The lowest BCUT2D eigenvalue weighted by Gasteiger charge is -2.33. The van der Waals surface area contributed by atoms with Crippen LogP contribution in [0.1, 0.15) is 51.9 Å². The van der Waals surface area contributed by atoms with Gasteiger partial charge in [0.1, 0.15) is 0 Å². The molecule has 0 radical (unpaired) electrons. The Morgan fingerprint density at radius 2 is 1.88 bits per heavy atom. The lowest BCUT2D eigenvalue weighted by atomic mass is 9.80. The standard InChI is InChI=1S/C13H24N2O2/c1-9(10-5-4-6-10)14-13(17)15-11-7-2-3-8-12(11)16/h9-12,16H,2-8H2,1H3,(H2,14,15,17). The lowest BCUT2D eigenvalue weighted by molar-refractivity contribution is 0.0934. The average Bonchev–Trinajstić information content (AvgIpc) is 2.18. The molecule has 0 aromatic rings. The first-order valence-corrected chi connectivity index (χ1v) is 6.92. The number of hydrogen-bond donors (Lipinski definition) is 3. The summed E-state index contributed by atoms with van der Waals surface area (Å²) in [6, 6.07) is 0.0807. The second-order valence-corrected chi connectivity index (χ2v) is 5.56. The number of carbonyl (C=O) groups is 1. The molecule has 17 heavy (non-hydrogen) atoms. The first-order valence-electron chi connectivity index (χ1n) is 6.92. The number of nitrogens with one attached hydrogen (secondary N) is 2. The maximum Gasteiger partial charge on any atom is 0.315 e. The van der Waals surface area contributed by atoms with Gasteiger partial charge in [0.05, 0.1) is 12.1 Å². The van der Waals surface area contributed by atoms with E-state index in [1.54, 1.807) is 0 Å². The van der Waals surface area contributed by atoms with Gasteiger partial charge in [-0.2, -0.15) is 0 Å². The quantitative estimate of drug-likeness (QED) is 0.704. The summed E-state index contributed by atoms with van der Waals surface area (Å²) >= 11 is 0. The van der Waals surface area contributed by atoms with E-state index in [0.717, 1.165) is 25.7 Å². The second kappa shape index (κ2) is 5.71. The van der Waals surface area contributed by atoms with Gasteiger partial charge in [0.25, 0.3) is 0 Å². The Hall–Kier alpha value is -0.770. The van der Waals surface area contributed by atoms with Gasteiger partial charge in [-0.05, 0) is 38.5 Å². The zero-order valence-corrected chi connectivity index (χ0v) is 10.6. The second-order valence-electron chi connectivity index (χ2n) is 5.56.